The van der Waals surface area contributed by atoms with Gasteiger partial charge >= 0.3 is 5.97 Å². The van der Waals surface area contributed by atoms with Crippen LogP contribution in [0.15, 0.2) is 43.0 Å². The number of hydrogen-bond acceptors (Lipinski definition) is 2. The van der Waals surface area contributed by atoms with E-state index in [0.29, 0.717) is 0 Å². The standard InChI is InChI=1S/C10H8N2O2/c13-10(14)8-2-1-3-9(6-8)12-5-4-11-7-12/h1-7H,(H,13,14). The van der Waals surface area contributed by atoms with Crippen LogP contribution in [0.3, 0.4) is 0 Å². The maximum absolute atomic E-state index is 10.7. The first-order chi connectivity index (χ1) is 6.77. The molecule has 0 fully saturated rings. The zero-order valence-electron chi connectivity index (χ0n) is 7.29. The number of carboxylic acid groups (broad SMARTS) is 1. The number of rotatable bonds is 2. The van der Waals surface area contributed by atoms with Gasteiger partial charge in [-0.15, -0.1) is 0 Å². The van der Waals surface area contributed by atoms with E-state index in [1.807, 2.05) is 6.07 Å². The average Bonchev–Trinajstić information content (AvgIpc) is 2.71. The van der Waals surface area contributed by atoms with Crippen molar-refractivity contribution >= 4 is 5.97 Å². The summed E-state index contributed by atoms with van der Waals surface area (Å²) in [6, 6.07) is 6.69. The molecule has 0 amide bonds. The molecular formula is C10H8N2O2. The van der Waals surface area contributed by atoms with Crippen LogP contribution in [0.5, 0.6) is 0 Å². The number of benzene rings is 1. The highest BCUT2D eigenvalue weighted by atomic mass is 16.4. The van der Waals surface area contributed by atoms with E-state index in [0.717, 1.165) is 5.69 Å². The van der Waals surface area contributed by atoms with Crippen LogP contribution in [-0.4, -0.2) is 20.6 Å². The topological polar surface area (TPSA) is 55.1 Å². The van der Waals surface area contributed by atoms with Gasteiger partial charge in [-0.2, -0.15) is 0 Å². The molecule has 14 heavy (non-hydrogen) atoms. The van der Waals surface area contributed by atoms with E-state index in [1.54, 1.807) is 41.5 Å². The summed E-state index contributed by atoms with van der Waals surface area (Å²) in [6.45, 7) is 0. The van der Waals surface area contributed by atoms with Gasteiger partial charge in [0.2, 0.25) is 0 Å². The summed E-state index contributed by atoms with van der Waals surface area (Å²) >= 11 is 0. The van der Waals surface area contributed by atoms with Gasteiger partial charge in [0.15, 0.2) is 0 Å². The predicted molar refractivity (Wildman–Crippen MR) is 50.5 cm³/mol. The van der Waals surface area contributed by atoms with E-state index < -0.39 is 5.97 Å². The van der Waals surface area contributed by atoms with Crippen LogP contribution in [-0.2, 0) is 0 Å². The summed E-state index contributed by atoms with van der Waals surface area (Å²) in [4.78, 5) is 14.6. The Balaban J connectivity index is 2.46. The molecule has 0 saturated heterocycles. The van der Waals surface area contributed by atoms with Crippen molar-refractivity contribution in [2.45, 2.75) is 0 Å². The van der Waals surface area contributed by atoms with Gasteiger partial charge < -0.3 is 9.67 Å². The van der Waals surface area contributed by atoms with E-state index in [-0.39, 0.29) is 5.56 Å². The highest BCUT2D eigenvalue weighted by molar-refractivity contribution is 5.88. The molecule has 0 aliphatic heterocycles. The van der Waals surface area contributed by atoms with E-state index in [9.17, 15) is 4.79 Å². The van der Waals surface area contributed by atoms with Crippen LogP contribution >= 0.6 is 0 Å². The number of carbonyl (C=O) groups is 1. The van der Waals surface area contributed by atoms with Crippen LogP contribution in [0, 0.1) is 0 Å². The van der Waals surface area contributed by atoms with E-state index in [1.165, 1.54) is 0 Å². The first kappa shape index (κ1) is 8.50. The quantitative estimate of drug-likeness (QED) is 0.778. The second kappa shape index (κ2) is 3.33. The zero-order valence-corrected chi connectivity index (χ0v) is 7.29. The van der Waals surface area contributed by atoms with Crippen molar-refractivity contribution in [1.29, 1.82) is 0 Å². The third-order valence-corrected chi connectivity index (χ3v) is 1.90. The molecule has 4 heteroatoms. The summed E-state index contributed by atoms with van der Waals surface area (Å²) in [5, 5.41) is 8.78. The van der Waals surface area contributed by atoms with E-state index in [2.05, 4.69) is 4.98 Å². The molecule has 0 spiro atoms. The molecule has 1 aromatic carbocycles. The Morgan fingerprint density at radius 1 is 1.43 bits per heavy atom. The SMILES string of the molecule is O=C(O)c1cccc(-n2ccnc2)c1. The van der Waals surface area contributed by atoms with Gasteiger partial charge in [-0.3, -0.25) is 0 Å². The minimum Gasteiger partial charge on any atom is -0.478 e. The van der Waals surface area contributed by atoms with Crippen LogP contribution in [0.25, 0.3) is 5.69 Å². The minimum absolute atomic E-state index is 0.274. The molecule has 0 aliphatic carbocycles. The fraction of sp³-hybridized carbons (Fsp3) is 0. The molecule has 0 radical (unpaired) electrons. The van der Waals surface area contributed by atoms with Crippen molar-refractivity contribution in [2.24, 2.45) is 0 Å². The third kappa shape index (κ3) is 1.50. The molecule has 0 aliphatic rings. The third-order valence-electron chi connectivity index (χ3n) is 1.90. The van der Waals surface area contributed by atoms with Gasteiger partial charge in [-0.25, -0.2) is 9.78 Å². The van der Waals surface area contributed by atoms with Gasteiger partial charge in [0, 0.05) is 18.1 Å². The number of carboxylic acids is 1. The maximum atomic E-state index is 10.7. The van der Waals surface area contributed by atoms with Crippen LogP contribution in [0.1, 0.15) is 10.4 Å². The molecule has 70 valence electrons. The Labute approximate surface area is 80.4 Å². The highest BCUT2D eigenvalue weighted by Crippen LogP contribution is 2.09. The van der Waals surface area contributed by atoms with Crippen LogP contribution in [0.2, 0.25) is 0 Å². The molecule has 2 rings (SSSR count). The lowest BCUT2D eigenvalue weighted by atomic mass is 10.2. The first-order valence-electron chi connectivity index (χ1n) is 4.09. The lowest BCUT2D eigenvalue weighted by Crippen LogP contribution is -1.98. The lowest BCUT2D eigenvalue weighted by molar-refractivity contribution is 0.0697. The smallest absolute Gasteiger partial charge is 0.335 e. The summed E-state index contributed by atoms with van der Waals surface area (Å²) < 4.78 is 1.76. The van der Waals surface area contributed by atoms with Gasteiger partial charge in [-0.1, -0.05) is 6.07 Å². The lowest BCUT2D eigenvalue weighted by Gasteiger charge is -2.02. The number of imidazole rings is 1. The van der Waals surface area contributed by atoms with Crippen LogP contribution < -0.4 is 0 Å². The number of aromatic carboxylic acids is 1. The predicted octanol–water partition coefficient (Wildman–Crippen LogP) is 1.57. The number of aromatic nitrogens is 2. The van der Waals surface area contributed by atoms with E-state index >= 15 is 0 Å². The molecule has 1 heterocycles. The molecule has 1 aromatic heterocycles. The Morgan fingerprint density at radius 2 is 2.29 bits per heavy atom. The molecule has 0 atom stereocenters. The van der Waals surface area contributed by atoms with Crippen molar-refractivity contribution in [3.05, 3.63) is 48.5 Å². The molecule has 1 N–H and O–H groups in total. The van der Waals surface area contributed by atoms with Crippen LogP contribution in [0.4, 0.5) is 0 Å². The van der Waals surface area contributed by atoms with Gasteiger partial charge in [0.25, 0.3) is 0 Å². The summed E-state index contributed by atoms with van der Waals surface area (Å²) in [5.41, 5.74) is 1.07. The average molecular weight is 188 g/mol. The van der Waals surface area contributed by atoms with Gasteiger partial charge in [0.1, 0.15) is 0 Å². The number of hydrogen-bond donors (Lipinski definition) is 1. The van der Waals surface area contributed by atoms with Crippen molar-refractivity contribution < 1.29 is 9.90 Å². The van der Waals surface area contributed by atoms with Gasteiger partial charge in [0.05, 0.1) is 11.9 Å². The van der Waals surface area contributed by atoms with Crippen molar-refractivity contribution in [2.75, 3.05) is 0 Å². The molecular weight excluding hydrogens is 180 g/mol. The Bertz CT molecular complexity index is 449. The number of nitrogens with zero attached hydrogens (tertiary/aromatic N) is 2. The fourth-order valence-corrected chi connectivity index (χ4v) is 1.21. The summed E-state index contributed by atoms with van der Waals surface area (Å²) in [5.74, 6) is -0.924. The van der Waals surface area contributed by atoms with E-state index in [4.69, 9.17) is 5.11 Å². The Kier molecular flexibility index (Phi) is 2.02. The molecule has 2 aromatic rings. The normalized spacial score (nSPS) is 10.0. The second-order valence-corrected chi connectivity index (χ2v) is 2.83. The summed E-state index contributed by atoms with van der Waals surface area (Å²) in [6.07, 6.45) is 5.04. The molecule has 0 unspecified atom stereocenters. The highest BCUT2D eigenvalue weighted by Gasteiger charge is 2.03. The summed E-state index contributed by atoms with van der Waals surface area (Å²) in [7, 11) is 0. The Hall–Kier alpha value is -2.10. The fourth-order valence-electron chi connectivity index (χ4n) is 1.21. The molecule has 4 nitrogen and oxygen atoms in total. The van der Waals surface area contributed by atoms with Crippen molar-refractivity contribution in [3.8, 4) is 5.69 Å². The largest absolute Gasteiger partial charge is 0.478 e. The first-order valence-corrected chi connectivity index (χ1v) is 4.09. The second-order valence-electron chi connectivity index (χ2n) is 2.83. The van der Waals surface area contributed by atoms with Crippen molar-refractivity contribution in [3.63, 3.8) is 0 Å². The van der Waals surface area contributed by atoms with Gasteiger partial charge in [-0.05, 0) is 18.2 Å². The zero-order chi connectivity index (χ0) is 9.97. The Morgan fingerprint density at radius 3 is 2.93 bits per heavy atom. The minimum atomic E-state index is -0.924. The van der Waals surface area contributed by atoms with Crippen molar-refractivity contribution in [1.82, 2.24) is 9.55 Å². The molecule has 0 bridgehead atoms. The monoisotopic (exact) mass is 188 g/mol. The maximum Gasteiger partial charge on any atom is 0.335 e. The molecule has 0 saturated carbocycles.